The lowest BCUT2D eigenvalue weighted by molar-refractivity contribution is -0.114. The molecule has 0 bridgehead atoms. The van der Waals surface area contributed by atoms with Gasteiger partial charge in [-0.3, -0.25) is 9.59 Å². The molecule has 0 unspecified atom stereocenters. The van der Waals surface area contributed by atoms with Gasteiger partial charge in [0.25, 0.3) is 5.91 Å². The maximum absolute atomic E-state index is 13.7. The quantitative estimate of drug-likeness (QED) is 0.871. The predicted molar refractivity (Wildman–Crippen MR) is 93.0 cm³/mol. The van der Waals surface area contributed by atoms with E-state index in [1.165, 1.54) is 17.0 Å². The molecular weight excluding hydrogens is 333 g/mol. The molecule has 2 aromatic carbocycles. The maximum atomic E-state index is 13.7. The Balaban J connectivity index is 1.93. The number of anilines is 2. The molecular formula is C17H17ClFN3O2. The molecule has 2 amide bonds. The molecule has 5 nitrogen and oxygen atoms in total. The highest BCUT2D eigenvalue weighted by Gasteiger charge is 2.10. The second kappa shape index (κ2) is 7.79. The molecule has 0 aliphatic heterocycles. The second-order valence-electron chi connectivity index (χ2n) is 5.28. The Bertz CT molecular complexity index is 748. The highest BCUT2D eigenvalue weighted by atomic mass is 35.5. The zero-order valence-electron chi connectivity index (χ0n) is 13.3. The van der Waals surface area contributed by atoms with E-state index in [0.29, 0.717) is 11.3 Å². The summed E-state index contributed by atoms with van der Waals surface area (Å²) in [7, 11) is 3.33. The Morgan fingerprint density at radius 1 is 1.12 bits per heavy atom. The van der Waals surface area contributed by atoms with Gasteiger partial charge < -0.3 is 15.5 Å². The van der Waals surface area contributed by atoms with E-state index in [9.17, 15) is 14.0 Å². The van der Waals surface area contributed by atoms with Crippen molar-refractivity contribution in [2.24, 2.45) is 0 Å². The van der Waals surface area contributed by atoms with E-state index in [1.54, 1.807) is 44.4 Å². The summed E-state index contributed by atoms with van der Waals surface area (Å²) < 4.78 is 13.7. The highest BCUT2D eigenvalue weighted by molar-refractivity contribution is 6.31. The molecule has 0 aliphatic carbocycles. The topological polar surface area (TPSA) is 61.4 Å². The van der Waals surface area contributed by atoms with E-state index in [-0.39, 0.29) is 29.1 Å². The molecule has 2 aromatic rings. The van der Waals surface area contributed by atoms with E-state index >= 15 is 0 Å². The van der Waals surface area contributed by atoms with Crippen LogP contribution in [-0.2, 0) is 4.79 Å². The third kappa shape index (κ3) is 4.45. The Kier molecular flexibility index (Phi) is 5.76. The SMILES string of the molecule is CN(C)C(=O)c1ccc(NC(=O)CNc2cccc(Cl)c2F)cc1. The Morgan fingerprint density at radius 3 is 2.42 bits per heavy atom. The number of amides is 2. The van der Waals surface area contributed by atoms with Crippen LogP contribution in [0.3, 0.4) is 0 Å². The lowest BCUT2D eigenvalue weighted by Crippen LogP contribution is -2.23. The van der Waals surface area contributed by atoms with Crippen molar-refractivity contribution in [3.8, 4) is 0 Å². The molecule has 0 atom stereocenters. The number of hydrogen-bond acceptors (Lipinski definition) is 3. The predicted octanol–water partition coefficient (Wildman–Crippen LogP) is 3.23. The van der Waals surface area contributed by atoms with Gasteiger partial charge in [0.1, 0.15) is 0 Å². The molecule has 0 aliphatic rings. The van der Waals surface area contributed by atoms with Crippen molar-refractivity contribution in [2.75, 3.05) is 31.3 Å². The van der Waals surface area contributed by atoms with E-state index < -0.39 is 5.82 Å². The summed E-state index contributed by atoms with van der Waals surface area (Å²) >= 11 is 5.67. The minimum Gasteiger partial charge on any atom is -0.374 e. The van der Waals surface area contributed by atoms with Crippen LogP contribution in [0.25, 0.3) is 0 Å². The molecule has 0 heterocycles. The summed E-state index contributed by atoms with van der Waals surface area (Å²) in [6.45, 7) is -0.115. The molecule has 126 valence electrons. The highest BCUT2D eigenvalue weighted by Crippen LogP contribution is 2.21. The maximum Gasteiger partial charge on any atom is 0.253 e. The zero-order chi connectivity index (χ0) is 17.7. The van der Waals surface area contributed by atoms with Crippen molar-refractivity contribution in [1.82, 2.24) is 4.90 Å². The molecule has 24 heavy (non-hydrogen) atoms. The fraction of sp³-hybridized carbons (Fsp3) is 0.176. The van der Waals surface area contributed by atoms with Crippen molar-refractivity contribution in [3.63, 3.8) is 0 Å². The van der Waals surface area contributed by atoms with Crippen molar-refractivity contribution < 1.29 is 14.0 Å². The summed E-state index contributed by atoms with van der Waals surface area (Å²) in [4.78, 5) is 25.2. The normalized spacial score (nSPS) is 10.2. The van der Waals surface area contributed by atoms with Crippen molar-refractivity contribution in [1.29, 1.82) is 0 Å². The van der Waals surface area contributed by atoms with Gasteiger partial charge in [-0.15, -0.1) is 0 Å². The van der Waals surface area contributed by atoms with Crippen LogP contribution in [0, 0.1) is 5.82 Å². The van der Waals surface area contributed by atoms with Gasteiger partial charge in [0, 0.05) is 25.3 Å². The molecule has 2 rings (SSSR count). The molecule has 0 saturated carbocycles. The van der Waals surface area contributed by atoms with Crippen LogP contribution in [0.5, 0.6) is 0 Å². The molecule has 0 fully saturated rings. The summed E-state index contributed by atoms with van der Waals surface area (Å²) in [6, 6.07) is 11.0. The second-order valence-corrected chi connectivity index (χ2v) is 5.69. The summed E-state index contributed by atoms with van der Waals surface area (Å²) in [5.41, 5.74) is 1.23. The van der Waals surface area contributed by atoms with Gasteiger partial charge in [-0.1, -0.05) is 17.7 Å². The van der Waals surface area contributed by atoms with Crippen molar-refractivity contribution in [3.05, 3.63) is 58.9 Å². The molecule has 7 heteroatoms. The zero-order valence-corrected chi connectivity index (χ0v) is 14.0. The first-order valence-corrected chi connectivity index (χ1v) is 7.55. The van der Waals surface area contributed by atoms with E-state index in [1.807, 2.05) is 0 Å². The number of nitrogens with one attached hydrogen (secondary N) is 2. The van der Waals surface area contributed by atoms with E-state index in [0.717, 1.165) is 0 Å². The van der Waals surface area contributed by atoms with Crippen molar-refractivity contribution >= 4 is 34.8 Å². The first-order chi connectivity index (χ1) is 11.4. The molecule has 0 radical (unpaired) electrons. The summed E-state index contributed by atoms with van der Waals surface area (Å²) in [6.07, 6.45) is 0. The number of halogens is 2. The smallest absolute Gasteiger partial charge is 0.253 e. The van der Waals surface area contributed by atoms with Crippen LogP contribution in [-0.4, -0.2) is 37.4 Å². The minimum absolute atomic E-state index is 0.0124. The number of carbonyl (C=O) groups excluding carboxylic acids is 2. The number of carbonyl (C=O) groups is 2. The number of rotatable bonds is 5. The summed E-state index contributed by atoms with van der Waals surface area (Å²) in [5.74, 6) is -1.06. The largest absolute Gasteiger partial charge is 0.374 e. The average molecular weight is 350 g/mol. The van der Waals surface area contributed by atoms with Crippen LogP contribution in [0.1, 0.15) is 10.4 Å². The Hall–Kier alpha value is -2.60. The Labute approximate surface area is 144 Å². The van der Waals surface area contributed by atoms with Crippen LogP contribution in [0.15, 0.2) is 42.5 Å². The van der Waals surface area contributed by atoms with Crippen LogP contribution >= 0.6 is 11.6 Å². The lowest BCUT2D eigenvalue weighted by atomic mass is 10.2. The number of benzene rings is 2. The lowest BCUT2D eigenvalue weighted by Gasteiger charge is -2.11. The summed E-state index contributed by atoms with van der Waals surface area (Å²) in [5, 5.41) is 5.33. The third-order valence-corrected chi connectivity index (χ3v) is 3.50. The van der Waals surface area contributed by atoms with Gasteiger partial charge in [0.05, 0.1) is 17.3 Å². The molecule has 0 aromatic heterocycles. The minimum atomic E-state index is -0.599. The molecule has 0 spiro atoms. The number of nitrogens with zero attached hydrogens (tertiary/aromatic N) is 1. The first kappa shape index (κ1) is 17.7. The average Bonchev–Trinajstić information content (AvgIpc) is 2.56. The van der Waals surface area contributed by atoms with Crippen LogP contribution in [0.4, 0.5) is 15.8 Å². The first-order valence-electron chi connectivity index (χ1n) is 7.18. The van der Waals surface area contributed by atoms with Gasteiger partial charge in [-0.2, -0.15) is 0 Å². The van der Waals surface area contributed by atoms with Crippen molar-refractivity contribution in [2.45, 2.75) is 0 Å². The van der Waals surface area contributed by atoms with Crippen LogP contribution < -0.4 is 10.6 Å². The van der Waals surface area contributed by atoms with Gasteiger partial charge in [-0.05, 0) is 36.4 Å². The van der Waals surface area contributed by atoms with Gasteiger partial charge in [-0.25, -0.2) is 4.39 Å². The Morgan fingerprint density at radius 2 is 1.79 bits per heavy atom. The van der Waals surface area contributed by atoms with Gasteiger partial charge >= 0.3 is 0 Å². The number of hydrogen-bond donors (Lipinski definition) is 2. The standard InChI is InChI=1S/C17H17ClFN3O2/c1-22(2)17(24)11-6-8-12(9-7-11)21-15(23)10-20-14-5-3-4-13(18)16(14)19/h3-9,20H,10H2,1-2H3,(H,21,23). The van der Waals surface area contributed by atoms with Gasteiger partial charge in [0.2, 0.25) is 5.91 Å². The van der Waals surface area contributed by atoms with Gasteiger partial charge in [0.15, 0.2) is 5.82 Å². The van der Waals surface area contributed by atoms with E-state index in [4.69, 9.17) is 11.6 Å². The van der Waals surface area contributed by atoms with Crippen LogP contribution in [0.2, 0.25) is 5.02 Å². The molecule has 0 saturated heterocycles. The van der Waals surface area contributed by atoms with E-state index in [2.05, 4.69) is 10.6 Å². The fourth-order valence-electron chi connectivity index (χ4n) is 1.98. The fourth-order valence-corrected chi connectivity index (χ4v) is 2.15. The molecule has 2 N–H and O–H groups in total. The monoisotopic (exact) mass is 349 g/mol. The third-order valence-electron chi connectivity index (χ3n) is 3.21.